The minimum atomic E-state index is -4.54. The number of rotatable bonds is 2. The van der Waals surface area contributed by atoms with Gasteiger partial charge in [0, 0.05) is 5.56 Å². The third-order valence-corrected chi connectivity index (χ3v) is 3.23. The van der Waals surface area contributed by atoms with E-state index >= 15 is 0 Å². The smallest absolute Gasteiger partial charge is 0.318 e. The van der Waals surface area contributed by atoms with Crippen molar-refractivity contribution in [1.29, 1.82) is 0 Å². The Hall–Kier alpha value is -1.88. The summed E-state index contributed by atoms with van der Waals surface area (Å²) < 4.78 is 53.0. The van der Waals surface area contributed by atoms with Crippen molar-refractivity contribution >= 4 is 0 Å². The number of hydrogen-bond acceptors (Lipinski definition) is 1. The number of alkyl halides is 3. The van der Waals surface area contributed by atoms with Gasteiger partial charge in [-0.25, -0.2) is 4.39 Å². The monoisotopic (exact) mass is 283 g/mol. The second kappa shape index (κ2) is 4.90. The van der Waals surface area contributed by atoms with Crippen molar-refractivity contribution in [3.05, 3.63) is 71.0 Å². The van der Waals surface area contributed by atoms with Crippen LogP contribution in [0.1, 0.15) is 23.6 Å². The van der Waals surface area contributed by atoms with Crippen molar-refractivity contribution in [3.63, 3.8) is 0 Å². The van der Waals surface area contributed by atoms with Gasteiger partial charge in [-0.2, -0.15) is 13.2 Å². The van der Waals surface area contributed by atoms with Crippen molar-refractivity contribution in [1.82, 2.24) is 0 Å². The Morgan fingerprint density at radius 2 is 1.25 bits per heavy atom. The molecule has 0 amide bonds. The van der Waals surface area contributed by atoms with Crippen LogP contribution in [0.5, 0.6) is 0 Å². The van der Waals surface area contributed by atoms with Gasteiger partial charge < -0.3 is 5.73 Å². The van der Waals surface area contributed by atoms with Crippen LogP contribution < -0.4 is 5.73 Å². The lowest BCUT2D eigenvalue weighted by atomic mass is 9.82. The molecule has 1 atom stereocenters. The Morgan fingerprint density at radius 3 is 1.75 bits per heavy atom. The zero-order chi connectivity index (χ0) is 15.0. The molecular weight excluding hydrogens is 270 g/mol. The normalized spacial score (nSPS) is 14.9. The summed E-state index contributed by atoms with van der Waals surface area (Å²) in [7, 11) is 0. The van der Waals surface area contributed by atoms with Crippen LogP contribution in [0.25, 0.3) is 0 Å². The van der Waals surface area contributed by atoms with Gasteiger partial charge in [0.05, 0.1) is 11.1 Å². The summed E-state index contributed by atoms with van der Waals surface area (Å²) in [4.78, 5) is 0. The van der Waals surface area contributed by atoms with Crippen LogP contribution in [0.2, 0.25) is 0 Å². The molecule has 2 N–H and O–H groups in total. The predicted molar refractivity (Wildman–Crippen MR) is 68.5 cm³/mol. The first-order valence-corrected chi connectivity index (χ1v) is 5.95. The first-order chi connectivity index (χ1) is 9.24. The molecule has 2 aromatic rings. The molecule has 1 unspecified atom stereocenters. The number of nitrogens with two attached hydrogens (primary N) is 1. The molecule has 0 aliphatic heterocycles. The van der Waals surface area contributed by atoms with Crippen molar-refractivity contribution in [2.45, 2.75) is 18.6 Å². The maximum absolute atomic E-state index is 13.8. The summed E-state index contributed by atoms with van der Waals surface area (Å²) >= 11 is 0. The van der Waals surface area contributed by atoms with Crippen molar-refractivity contribution < 1.29 is 17.6 Å². The van der Waals surface area contributed by atoms with Crippen LogP contribution >= 0.6 is 0 Å². The highest BCUT2D eigenvalue weighted by Gasteiger charge is 2.39. The van der Waals surface area contributed by atoms with Gasteiger partial charge in [0.15, 0.2) is 0 Å². The summed E-state index contributed by atoms with van der Waals surface area (Å²) in [5, 5.41) is 0. The fourth-order valence-corrected chi connectivity index (χ4v) is 2.21. The standard InChI is InChI=1S/C15H13F4N/c1-14(20,12-8-4-5-9-13(12)16)10-6-2-3-7-11(10)15(17,18)19/h2-9H,20H2,1H3. The molecule has 2 rings (SSSR count). The predicted octanol–water partition coefficient (Wildman–Crippen LogP) is 4.07. The van der Waals surface area contributed by atoms with Gasteiger partial charge in [0.25, 0.3) is 0 Å². The Bertz CT molecular complexity index is 617. The molecule has 0 spiro atoms. The molecule has 0 saturated heterocycles. The van der Waals surface area contributed by atoms with Gasteiger partial charge in [0.2, 0.25) is 0 Å². The van der Waals surface area contributed by atoms with Gasteiger partial charge in [-0.1, -0.05) is 36.4 Å². The molecule has 106 valence electrons. The van der Waals surface area contributed by atoms with Crippen LogP contribution in [-0.4, -0.2) is 0 Å². The molecule has 0 aromatic heterocycles. The molecule has 5 heteroatoms. The molecule has 0 saturated carbocycles. The van der Waals surface area contributed by atoms with Crippen LogP contribution in [0.15, 0.2) is 48.5 Å². The van der Waals surface area contributed by atoms with Crippen molar-refractivity contribution in [3.8, 4) is 0 Å². The molecule has 0 aliphatic carbocycles. The van der Waals surface area contributed by atoms with Crippen LogP contribution in [0, 0.1) is 5.82 Å². The zero-order valence-electron chi connectivity index (χ0n) is 10.7. The number of benzene rings is 2. The van der Waals surface area contributed by atoms with Gasteiger partial charge in [-0.3, -0.25) is 0 Å². The van der Waals surface area contributed by atoms with Crippen molar-refractivity contribution in [2.24, 2.45) is 5.73 Å². The third kappa shape index (κ3) is 2.54. The minimum Gasteiger partial charge on any atom is -0.318 e. The van der Waals surface area contributed by atoms with E-state index in [2.05, 4.69) is 0 Å². The number of hydrogen-bond donors (Lipinski definition) is 1. The second-order valence-corrected chi connectivity index (χ2v) is 4.73. The minimum absolute atomic E-state index is 0.0247. The van der Waals surface area contributed by atoms with E-state index in [9.17, 15) is 17.6 Å². The Balaban J connectivity index is 2.65. The average Bonchev–Trinajstić information content (AvgIpc) is 2.38. The summed E-state index contributed by atoms with van der Waals surface area (Å²) in [6.45, 7) is 1.37. The molecule has 0 heterocycles. The summed E-state index contributed by atoms with van der Waals surface area (Å²) in [5.74, 6) is -0.630. The zero-order valence-corrected chi connectivity index (χ0v) is 10.7. The van der Waals surface area contributed by atoms with E-state index in [1.165, 1.54) is 43.3 Å². The van der Waals surface area contributed by atoms with E-state index in [4.69, 9.17) is 5.73 Å². The summed E-state index contributed by atoms with van der Waals surface area (Å²) in [5.41, 5.74) is 3.46. The highest BCUT2D eigenvalue weighted by atomic mass is 19.4. The molecule has 2 aromatic carbocycles. The molecule has 1 nitrogen and oxygen atoms in total. The highest BCUT2D eigenvalue weighted by Crippen LogP contribution is 2.38. The Kier molecular flexibility index (Phi) is 3.56. The first-order valence-electron chi connectivity index (χ1n) is 5.95. The lowest BCUT2D eigenvalue weighted by Crippen LogP contribution is -2.37. The lowest BCUT2D eigenvalue weighted by molar-refractivity contribution is -0.138. The topological polar surface area (TPSA) is 26.0 Å². The lowest BCUT2D eigenvalue weighted by Gasteiger charge is -2.29. The fraction of sp³-hybridized carbons (Fsp3) is 0.200. The van der Waals surface area contributed by atoms with Gasteiger partial charge in [-0.05, 0) is 24.6 Å². The van der Waals surface area contributed by atoms with E-state index in [0.717, 1.165) is 6.07 Å². The fourth-order valence-electron chi connectivity index (χ4n) is 2.21. The Morgan fingerprint density at radius 1 is 0.800 bits per heavy atom. The summed E-state index contributed by atoms with van der Waals surface area (Å²) in [6.07, 6.45) is -4.54. The molecule has 0 bridgehead atoms. The highest BCUT2D eigenvalue weighted by molar-refractivity contribution is 5.43. The van der Waals surface area contributed by atoms with Gasteiger partial charge >= 0.3 is 6.18 Å². The van der Waals surface area contributed by atoms with E-state index in [-0.39, 0.29) is 11.1 Å². The number of halogens is 4. The molecule has 0 fully saturated rings. The van der Waals surface area contributed by atoms with Crippen molar-refractivity contribution in [2.75, 3.05) is 0 Å². The molecule has 0 radical (unpaired) electrons. The maximum atomic E-state index is 13.8. The quantitative estimate of drug-likeness (QED) is 0.826. The Labute approximate surface area is 114 Å². The molecule has 20 heavy (non-hydrogen) atoms. The van der Waals surface area contributed by atoms with E-state index < -0.39 is 23.1 Å². The summed E-state index contributed by atoms with van der Waals surface area (Å²) in [6, 6.07) is 10.5. The average molecular weight is 283 g/mol. The van der Waals surface area contributed by atoms with E-state index in [1.807, 2.05) is 0 Å². The first kappa shape index (κ1) is 14.5. The van der Waals surface area contributed by atoms with Gasteiger partial charge in [-0.15, -0.1) is 0 Å². The maximum Gasteiger partial charge on any atom is 0.416 e. The third-order valence-electron chi connectivity index (χ3n) is 3.23. The second-order valence-electron chi connectivity index (χ2n) is 4.73. The largest absolute Gasteiger partial charge is 0.416 e. The van der Waals surface area contributed by atoms with Crippen LogP contribution in [0.4, 0.5) is 17.6 Å². The van der Waals surface area contributed by atoms with Gasteiger partial charge in [0.1, 0.15) is 5.82 Å². The van der Waals surface area contributed by atoms with Crippen LogP contribution in [-0.2, 0) is 11.7 Å². The SMILES string of the molecule is CC(N)(c1ccccc1F)c1ccccc1C(F)(F)F. The molecular formula is C15H13F4N. The van der Waals surface area contributed by atoms with Crippen LogP contribution in [0.3, 0.4) is 0 Å². The van der Waals surface area contributed by atoms with E-state index in [0.29, 0.717) is 0 Å². The molecule has 0 aliphatic rings. The van der Waals surface area contributed by atoms with E-state index in [1.54, 1.807) is 6.07 Å².